The van der Waals surface area contributed by atoms with Gasteiger partial charge in [-0.15, -0.1) is 0 Å². The standard InChI is InChI=1S/C15H16BrF2NO2/c1-10(7-13-3-2-6-20-13)19-9-11-8-12(16)4-5-14(11)21-15(17)18/h2-6,8,10,15,19H,7,9H2,1H3. The molecule has 1 N–H and O–H groups in total. The van der Waals surface area contributed by atoms with Gasteiger partial charge in [0.15, 0.2) is 0 Å². The third-order valence-electron chi connectivity index (χ3n) is 2.97. The van der Waals surface area contributed by atoms with E-state index in [1.807, 2.05) is 19.1 Å². The highest BCUT2D eigenvalue weighted by atomic mass is 79.9. The molecule has 0 spiro atoms. The van der Waals surface area contributed by atoms with Gasteiger partial charge in [0.05, 0.1) is 6.26 Å². The fourth-order valence-corrected chi connectivity index (χ4v) is 2.39. The van der Waals surface area contributed by atoms with Crippen molar-refractivity contribution in [3.8, 4) is 5.75 Å². The molecule has 1 atom stereocenters. The molecular formula is C15H16BrF2NO2. The van der Waals surface area contributed by atoms with Crippen LogP contribution < -0.4 is 10.1 Å². The quantitative estimate of drug-likeness (QED) is 0.797. The number of nitrogens with one attached hydrogen (secondary N) is 1. The van der Waals surface area contributed by atoms with E-state index in [1.54, 1.807) is 18.4 Å². The largest absolute Gasteiger partial charge is 0.469 e. The Morgan fingerprint density at radius 3 is 2.81 bits per heavy atom. The van der Waals surface area contributed by atoms with Gasteiger partial charge in [-0.05, 0) is 37.3 Å². The fraction of sp³-hybridized carbons (Fsp3) is 0.333. The van der Waals surface area contributed by atoms with Crippen LogP contribution in [0.1, 0.15) is 18.2 Å². The molecule has 21 heavy (non-hydrogen) atoms. The van der Waals surface area contributed by atoms with Crippen LogP contribution in [-0.2, 0) is 13.0 Å². The molecule has 0 radical (unpaired) electrons. The van der Waals surface area contributed by atoms with Gasteiger partial charge in [-0.2, -0.15) is 8.78 Å². The summed E-state index contributed by atoms with van der Waals surface area (Å²) in [5.74, 6) is 1.07. The summed E-state index contributed by atoms with van der Waals surface area (Å²) in [6, 6.07) is 8.87. The molecular weight excluding hydrogens is 344 g/mol. The van der Waals surface area contributed by atoms with Crippen LogP contribution in [0.3, 0.4) is 0 Å². The van der Waals surface area contributed by atoms with Crippen molar-refractivity contribution < 1.29 is 17.9 Å². The van der Waals surface area contributed by atoms with E-state index >= 15 is 0 Å². The zero-order valence-electron chi connectivity index (χ0n) is 11.5. The van der Waals surface area contributed by atoms with Crippen LogP contribution in [0.15, 0.2) is 45.5 Å². The monoisotopic (exact) mass is 359 g/mol. The lowest BCUT2D eigenvalue weighted by Crippen LogP contribution is -2.27. The zero-order chi connectivity index (χ0) is 15.2. The van der Waals surface area contributed by atoms with Gasteiger partial charge in [0.25, 0.3) is 0 Å². The molecule has 1 unspecified atom stereocenters. The number of benzene rings is 1. The number of rotatable bonds is 7. The SMILES string of the molecule is CC(Cc1ccco1)NCc1cc(Br)ccc1OC(F)F. The van der Waals surface area contributed by atoms with Gasteiger partial charge in [-0.1, -0.05) is 15.9 Å². The van der Waals surface area contributed by atoms with Crippen LogP contribution in [-0.4, -0.2) is 12.7 Å². The first kappa shape index (κ1) is 16.0. The smallest absolute Gasteiger partial charge is 0.387 e. The van der Waals surface area contributed by atoms with Crippen molar-refractivity contribution in [2.45, 2.75) is 32.5 Å². The van der Waals surface area contributed by atoms with Crippen molar-refractivity contribution in [3.63, 3.8) is 0 Å². The summed E-state index contributed by atoms with van der Waals surface area (Å²) >= 11 is 3.33. The highest BCUT2D eigenvalue weighted by Crippen LogP contribution is 2.25. The third-order valence-corrected chi connectivity index (χ3v) is 3.46. The van der Waals surface area contributed by atoms with E-state index in [4.69, 9.17) is 4.42 Å². The highest BCUT2D eigenvalue weighted by Gasteiger charge is 2.12. The van der Waals surface area contributed by atoms with Crippen molar-refractivity contribution in [3.05, 3.63) is 52.4 Å². The van der Waals surface area contributed by atoms with Crippen molar-refractivity contribution in [2.24, 2.45) is 0 Å². The average molecular weight is 360 g/mol. The topological polar surface area (TPSA) is 34.4 Å². The minimum atomic E-state index is -2.83. The summed E-state index contributed by atoms with van der Waals surface area (Å²) < 4.78 is 35.4. The second-order valence-electron chi connectivity index (χ2n) is 4.70. The summed E-state index contributed by atoms with van der Waals surface area (Å²) in [4.78, 5) is 0. The molecule has 0 aliphatic carbocycles. The van der Waals surface area contributed by atoms with Gasteiger partial charge in [0, 0.05) is 29.0 Å². The number of alkyl halides is 2. The van der Waals surface area contributed by atoms with Gasteiger partial charge >= 0.3 is 6.61 Å². The van der Waals surface area contributed by atoms with E-state index in [0.29, 0.717) is 12.1 Å². The van der Waals surface area contributed by atoms with E-state index in [0.717, 1.165) is 16.7 Å². The molecule has 0 aliphatic rings. The number of furan rings is 1. The molecule has 0 aliphatic heterocycles. The van der Waals surface area contributed by atoms with E-state index < -0.39 is 6.61 Å². The van der Waals surface area contributed by atoms with Gasteiger partial charge in [-0.25, -0.2) is 0 Å². The Labute approximate surface area is 130 Å². The lowest BCUT2D eigenvalue weighted by Gasteiger charge is -2.15. The minimum Gasteiger partial charge on any atom is -0.469 e. The average Bonchev–Trinajstić information content (AvgIpc) is 2.91. The molecule has 0 saturated carbocycles. The van der Waals surface area contributed by atoms with Crippen LogP contribution >= 0.6 is 15.9 Å². The molecule has 1 heterocycles. The zero-order valence-corrected chi connectivity index (χ0v) is 13.1. The van der Waals surface area contributed by atoms with E-state index in [1.165, 1.54) is 6.07 Å². The maximum atomic E-state index is 12.4. The summed E-state index contributed by atoms with van der Waals surface area (Å²) in [5.41, 5.74) is 0.677. The number of halogens is 3. The Morgan fingerprint density at radius 2 is 2.14 bits per heavy atom. The van der Waals surface area contributed by atoms with Crippen LogP contribution in [0, 0.1) is 0 Å². The predicted octanol–water partition coefficient (Wildman–Crippen LogP) is 4.36. The molecule has 114 valence electrons. The number of hydrogen-bond donors (Lipinski definition) is 1. The van der Waals surface area contributed by atoms with Crippen molar-refractivity contribution in [2.75, 3.05) is 0 Å². The lowest BCUT2D eigenvalue weighted by molar-refractivity contribution is -0.0505. The Kier molecular flexibility index (Phi) is 5.76. The van der Waals surface area contributed by atoms with Crippen molar-refractivity contribution >= 4 is 15.9 Å². The summed E-state index contributed by atoms with van der Waals surface area (Å²) in [7, 11) is 0. The van der Waals surface area contributed by atoms with Gasteiger partial charge in [0.2, 0.25) is 0 Å². The van der Waals surface area contributed by atoms with E-state index in [-0.39, 0.29) is 11.8 Å². The summed E-state index contributed by atoms with van der Waals surface area (Å²) in [5, 5.41) is 3.27. The first-order valence-electron chi connectivity index (χ1n) is 6.53. The molecule has 0 bridgehead atoms. The molecule has 6 heteroatoms. The molecule has 1 aromatic heterocycles. The first-order valence-corrected chi connectivity index (χ1v) is 7.33. The molecule has 0 fully saturated rings. The van der Waals surface area contributed by atoms with Crippen LogP contribution in [0.5, 0.6) is 5.75 Å². The second-order valence-corrected chi connectivity index (χ2v) is 5.61. The van der Waals surface area contributed by atoms with Gasteiger partial charge in [-0.3, -0.25) is 0 Å². The summed E-state index contributed by atoms with van der Waals surface area (Å²) in [6.07, 6.45) is 2.36. The second kappa shape index (κ2) is 7.56. The summed E-state index contributed by atoms with van der Waals surface area (Å²) in [6.45, 7) is -0.386. The fourth-order valence-electron chi connectivity index (χ4n) is 1.98. The minimum absolute atomic E-state index is 0.148. The lowest BCUT2D eigenvalue weighted by atomic mass is 10.1. The molecule has 0 saturated heterocycles. The number of ether oxygens (including phenoxy) is 1. The molecule has 2 rings (SSSR count). The van der Waals surface area contributed by atoms with Crippen LogP contribution in [0.2, 0.25) is 0 Å². The number of hydrogen-bond acceptors (Lipinski definition) is 3. The highest BCUT2D eigenvalue weighted by molar-refractivity contribution is 9.10. The third kappa shape index (κ3) is 5.13. The van der Waals surface area contributed by atoms with Gasteiger partial charge in [0.1, 0.15) is 11.5 Å². The Bertz CT molecular complexity index is 561. The van der Waals surface area contributed by atoms with Crippen LogP contribution in [0.4, 0.5) is 8.78 Å². The normalized spacial score (nSPS) is 12.6. The van der Waals surface area contributed by atoms with Crippen molar-refractivity contribution in [1.29, 1.82) is 0 Å². The Morgan fingerprint density at radius 1 is 1.33 bits per heavy atom. The molecule has 3 nitrogen and oxygen atoms in total. The molecule has 0 amide bonds. The van der Waals surface area contributed by atoms with Crippen molar-refractivity contribution in [1.82, 2.24) is 5.32 Å². The first-order chi connectivity index (χ1) is 10.0. The van der Waals surface area contributed by atoms with E-state index in [2.05, 4.69) is 26.0 Å². The Balaban J connectivity index is 1.96. The predicted molar refractivity (Wildman–Crippen MR) is 79.5 cm³/mol. The van der Waals surface area contributed by atoms with E-state index in [9.17, 15) is 8.78 Å². The van der Waals surface area contributed by atoms with Gasteiger partial charge < -0.3 is 14.5 Å². The maximum Gasteiger partial charge on any atom is 0.387 e. The van der Waals surface area contributed by atoms with Crippen LogP contribution in [0.25, 0.3) is 0 Å². The Hall–Kier alpha value is -1.40. The maximum absolute atomic E-state index is 12.4. The molecule has 1 aromatic carbocycles. The molecule has 2 aromatic rings.